The minimum Gasteiger partial charge on any atom is -0.336 e. The van der Waals surface area contributed by atoms with Gasteiger partial charge in [0.15, 0.2) is 0 Å². The van der Waals surface area contributed by atoms with Crippen LogP contribution in [0.3, 0.4) is 0 Å². The molecule has 6 heteroatoms. The Hall–Kier alpha value is -4.06. The second kappa shape index (κ2) is 9.17. The first-order chi connectivity index (χ1) is 15.1. The first-order valence-electron chi connectivity index (χ1n) is 10.2. The third kappa shape index (κ3) is 4.93. The van der Waals surface area contributed by atoms with Gasteiger partial charge in [0.05, 0.1) is 11.4 Å². The highest BCUT2D eigenvalue weighted by Crippen LogP contribution is 2.23. The van der Waals surface area contributed by atoms with E-state index >= 15 is 0 Å². The van der Waals surface area contributed by atoms with Crippen molar-refractivity contribution in [1.29, 1.82) is 0 Å². The molecule has 0 fully saturated rings. The van der Waals surface area contributed by atoms with Crippen LogP contribution in [0.5, 0.6) is 0 Å². The average Bonchev–Trinajstić information content (AvgIpc) is 2.78. The van der Waals surface area contributed by atoms with E-state index in [0.717, 1.165) is 32.9 Å². The molecule has 4 amide bonds. The largest absolute Gasteiger partial charge is 0.336 e. The third-order valence-corrected chi connectivity index (χ3v) is 5.02. The van der Waals surface area contributed by atoms with Crippen molar-refractivity contribution in [2.75, 3.05) is 17.2 Å². The van der Waals surface area contributed by atoms with Gasteiger partial charge in [0.2, 0.25) is 0 Å². The predicted octanol–water partition coefficient (Wildman–Crippen LogP) is 5.32. The summed E-state index contributed by atoms with van der Waals surface area (Å²) in [5.74, 6) is 0. The lowest BCUT2D eigenvalue weighted by Crippen LogP contribution is -2.44. The molecular formula is C25H24N4O2. The molecule has 0 aliphatic rings. The Morgan fingerprint density at radius 2 is 1.16 bits per heavy atom. The lowest BCUT2D eigenvalue weighted by atomic mass is 10.1. The van der Waals surface area contributed by atoms with Crippen molar-refractivity contribution in [2.24, 2.45) is 0 Å². The molecule has 0 heterocycles. The van der Waals surface area contributed by atoms with Crippen LogP contribution >= 0.6 is 0 Å². The molecule has 0 aliphatic carbocycles. The zero-order chi connectivity index (χ0) is 21.6. The lowest BCUT2D eigenvalue weighted by molar-refractivity contribution is 0.244. The number of hydrogen-bond acceptors (Lipinski definition) is 2. The number of hydrogen-bond donors (Lipinski definition) is 4. The van der Waals surface area contributed by atoms with Gasteiger partial charge in [0, 0.05) is 23.4 Å². The van der Waals surface area contributed by atoms with E-state index in [4.69, 9.17) is 0 Å². The zero-order valence-electron chi connectivity index (χ0n) is 17.2. The van der Waals surface area contributed by atoms with Crippen LogP contribution in [0.15, 0.2) is 84.9 Å². The lowest BCUT2D eigenvalue weighted by Gasteiger charge is -2.17. The Labute approximate surface area is 180 Å². The van der Waals surface area contributed by atoms with Gasteiger partial charge in [-0.3, -0.25) is 0 Å². The van der Waals surface area contributed by atoms with E-state index < -0.39 is 0 Å². The minimum absolute atomic E-state index is 0.256. The fraction of sp³-hybridized carbons (Fsp3) is 0.120. The van der Waals surface area contributed by atoms with E-state index in [0.29, 0.717) is 6.54 Å². The van der Waals surface area contributed by atoms with Crippen LogP contribution in [-0.4, -0.2) is 24.6 Å². The summed E-state index contributed by atoms with van der Waals surface area (Å²) < 4.78 is 0. The van der Waals surface area contributed by atoms with Gasteiger partial charge in [-0.05, 0) is 29.8 Å². The van der Waals surface area contributed by atoms with Crippen molar-refractivity contribution in [1.82, 2.24) is 10.6 Å². The minimum atomic E-state index is -0.320. The Balaban J connectivity index is 1.30. The zero-order valence-corrected chi connectivity index (χ0v) is 17.2. The standard InChI is InChI=1S/C25H24N4O2/c1-17(27-25(31)29-23-15-7-11-19-9-3-5-13-21(19)23)16-26-24(30)28-22-14-6-10-18-8-2-4-12-20(18)22/h2-15,17H,16H2,1H3,(H2,26,28,30)(H2,27,29,31). The van der Waals surface area contributed by atoms with Gasteiger partial charge in [-0.1, -0.05) is 72.8 Å². The fourth-order valence-corrected chi connectivity index (χ4v) is 3.51. The first-order valence-corrected chi connectivity index (χ1v) is 10.2. The van der Waals surface area contributed by atoms with E-state index in [9.17, 15) is 9.59 Å². The number of carbonyl (C=O) groups excluding carboxylic acids is 2. The predicted molar refractivity (Wildman–Crippen MR) is 127 cm³/mol. The number of anilines is 2. The highest BCUT2D eigenvalue weighted by Gasteiger charge is 2.11. The number of rotatable bonds is 5. The molecule has 31 heavy (non-hydrogen) atoms. The summed E-state index contributed by atoms with van der Waals surface area (Å²) in [6, 6.07) is 26.4. The molecule has 0 saturated heterocycles. The molecule has 4 aromatic carbocycles. The van der Waals surface area contributed by atoms with Crippen molar-refractivity contribution < 1.29 is 9.59 Å². The molecule has 1 atom stereocenters. The number of nitrogens with one attached hydrogen (secondary N) is 4. The molecular weight excluding hydrogens is 388 g/mol. The number of carbonyl (C=O) groups is 2. The Morgan fingerprint density at radius 1 is 0.677 bits per heavy atom. The van der Waals surface area contributed by atoms with E-state index in [2.05, 4.69) is 21.3 Å². The molecule has 0 radical (unpaired) electrons. The SMILES string of the molecule is CC(CNC(=O)Nc1cccc2ccccc12)NC(=O)Nc1cccc2ccccc12. The quantitative estimate of drug-likeness (QED) is 0.358. The average molecular weight is 412 g/mol. The summed E-state index contributed by atoms with van der Waals surface area (Å²) in [6.45, 7) is 2.13. The van der Waals surface area contributed by atoms with Crippen LogP contribution in [0.4, 0.5) is 21.0 Å². The van der Waals surface area contributed by atoms with Crippen LogP contribution in [0, 0.1) is 0 Å². The van der Waals surface area contributed by atoms with Crippen LogP contribution in [-0.2, 0) is 0 Å². The smallest absolute Gasteiger partial charge is 0.319 e. The molecule has 0 bridgehead atoms. The van der Waals surface area contributed by atoms with E-state index in [1.807, 2.05) is 91.9 Å². The van der Waals surface area contributed by atoms with Gasteiger partial charge in [-0.15, -0.1) is 0 Å². The van der Waals surface area contributed by atoms with Crippen molar-refractivity contribution in [3.8, 4) is 0 Å². The first kappa shape index (κ1) is 20.2. The molecule has 4 aromatic rings. The Kier molecular flexibility index (Phi) is 5.98. The molecule has 156 valence electrons. The summed E-state index contributed by atoms with van der Waals surface area (Å²) in [6.07, 6.45) is 0. The van der Waals surface area contributed by atoms with Crippen molar-refractivity contribution in [3.63, 3.8) is 0 Å². The Morgan fingerprint density at radius 3 is 1.74 bits per heavy atom. The molecule has 0 aliphatic heterocycles. The number of benzene rings is 4. The third-order valence-electron chi connectivity index (χ3n) is 5.02. The van der Waals surface area contributed by atoms with Crippen LogP contribution in [0.1, 0.15) is 6.92 Å². The van der Waals surface area contributed by atoms with Gasteiger partial charge >= 0.3 is 12.1 Å². The van der Waals surface area contributed by atoms with Gasteiger partial charge in [-0.2, -0.15) is 0 Å². The maximum absolute atomic E-state index is 12.4. The number of amides is 4. The van der Waals surface area contributed by atoms with E-state index in [1.54, 1.807) is 0 Å². The van der Waals surface area contributed by atoms with Crippen LogP contribution in [0.2, 0.25) is 0 Å². The topological polar surface area (TPSA) is 82.3 Å². The maximum Gasteiger partial charge on any atom is 0.319 e. The molecule has 4 N–H and O–H groups in total. The van der Waals surface area contributed by atoms with Crippen molar-refractivity contribution in [2.45, 2.75) is 13.0 Å². The fourth-order valence-electron chi connectivity index (χ4n) is 3.51. The molecule has 0 saturated carbocycles. The number of fused-ring (bicyclic) bond motifs is 2. The van der Waals surface area contributed by atoms with E-state index in [1.165, 1.54) is 0 Å². The summed E-state index contributed by atoms with van der Waals surface area (Å²) in [5.41, 5.74) is 1.48. The van der Waals surface area contributed by atoms with Gasteiger partial charge in [0.25, 0.3) is 0 Å². The van der Waals surface area contributed by atoms with Gasteiger partial charge in [-0.25, -0.2) is 9.59 Å². The molecule has 0 aromatic heterocycles. The Bertz CT molecular complexity index is 1230. The monoisotopic (exact) mass is 412 g/mol. The van der Waals surface area contributed by atoms with Crippen LogP contribution in [0.25, 0.3) is 21.5 Å². The summed E-state index contributed by atoms with van der Waals surface area (Å²) in [4.78, 5) is 24.7. The molecule has 4 rings (SSSR count). The highest BCUT2D eigenvalue weighted by molar-refractivity contribution is 6.02. The van der Waals surface area contributed by atoms with Gasteiger partial charge in [0.1, 0.15) is 0 Å². The molecule has 6 nitrogen and oxygen atoms in total. The highest BCUT2D eigenvalue weighted by atomic mass is 16.2. The summed E-state index contributed by atoms with van der Waals surface area (Å²) >= 11 is 0. The second-order valence-corrected chi connectivity index (χ2v) is 7.39. The molecule has 1 unspecified atom stereocenters. The number of urea groups is 2. The van der Waals surface area contributed by atoms with Crippen molar-refractivity contribution in [3.05, 3.63) is 84.9 Å². The second-order valence-electron chi connectivity index (χ2n) is 7.39. The maximum atomic E-state index is 12.4. The van der Waals surface area contributed by atoms with Crippen LogP contribution < -0.4 is 21.3 Å². The molecule has 0 spiro atoms. The van der Waals surface area contributed by atoms with Gasteiger partial charge < -0.3 is 21.3 Å². The van der Waals surface area contributed by atoms with E-state index in [-0.39, 0.29) is 18.1 Å². The summed E-state index contributed by atoms with van der Waals surface area (Å²) in [5, 5.41) is 15.5. The van der Waals surface area contributed by atoms with Crippen molar-refractivity contribution >= 4 is 45.0 Å². The summed E-state index contributed by atoms with van der Waals surface area (Å²) in [7, 11) is 0. The normalized spacial score (nSPS) is 11.6.